The second kappa shape index (κ2) is 6.92. The lowest BCUT2D eigenvalue weighted by Crippen LogP contribution is -2.11. The summed E-state index contributed by atoms with van der Waals surface area (Å²) in [5, 5.41) is 12.9. The number of amidine groups is 1. The highest BCUT2D eigenvalue weighted by Crippen LogP contribution is 2.34. The van der Waals surface area contributed by atoms with Crippen LogP contribution in [-0.4, -0.2) is 23.1 Å². The fraction of sp³-hybridized carbons (Fsp3) is 0.0952. The number of furan rings is 1. The van der Waals surface area contributed by atoms with E-state index in [1.54, 1.807) is 13.2 Å². The number of H-pyrrole nitrogens is 1. The maximum Gasteiger partial charge on any atom is 0.205 e. The Labute approximate surface area is 155 Å². The van der Waals surface area contributed by atoms with E-state index in [-0.39, 0.29) is 5.84 Å². The van der Waals surface area contributed by atoms with E-state index in [9.17, 15) is 0 Å². The van der Waals surface area contributed by atoms with Crippen molar-refractivity contribution in [3.63, 3.8) is 0 Å². The number of rotatable bonds is 5. The maximum atomic E-state index is 8.82. The van der Waals surface area contributed by atoms with Gasteiger partial charge in [0.25, 0.3) is 0 Å². The molecule has 0 unspecified atom stereocenters. The molecule has 0 aliphatic carbocycles. The molecular formula is C21H19N3O3. The molecule has 0 aliphatic rings. The van der Waals surface area contributed by atoms with Crippen LogP contribution >= 0.6 is 0 Å². The summed E-state index contributed by atoms with van der Waals surface area (Å²) in [7, 11) is 1.65. The molecule has 4 rings (SSSR count). The molecule has 6 nitrogen and oxygen atoms in total. The molecule has 2 aromatic heterocycles. The first-order chi connectivity index (χ1) is 13.2. The van der Waals surface area contributed by atoms with Gasteiger partial charge in [0.05, 0.1) is 12.8 Å². The van der Waals surface area contributed by atoms with Gasteiger partial charge in [0.2, 0.25) is 5.84 Å². The molecule has 2 heterocycles. The average molecular weight is 361 g/mol. The van der Waals surface area contributed by atoms with E-state index >= 15 is 0 Å². The number of aromatic amines is 1. The van der Waals surface area contributed by atoms with Gasteiger partial charge in [-0.1, -0.05) is 35.5 Å². The first-order valence-corrected chi connectivity index (χ1v) is 8.50. The van der Waals surface area contributed by atoms with Crippen LogP contribution in [0.15, 0.2) is 70.2 Å². The van der Waals surface area contributed by atoms with Crippen LogP contribution in [0.2, 0.25) is 0 Å². The highest BCUT2D eigenvalue weighted by atomic mass is 16.5. The van der Waals surface area contributed by atoms with Gasteiger partial charge in [-0.2, -0.15) is 0 Å². The maximum absolute atomic E-state index is 8.82. The minimum Gasteiger partial charge on any atom is -0.497 e. The van der Waals surface area contributed by atoms with Crippen LogP contribution in [0.5, 0.6) is 5.75 Å². The van der Waals surface area contributed by atoms with Crippen molar-refractivity contribution in [3.8, 4) is 17.0 Å². The summed E-state index contributed by atoms with van der Waals surface area (Å²) < 4.78 is 11.1. The van der Waals surface area contributed by atoms with Crippen LogP contribution in [0, 0.1) is 0 Å². The zero-order valence-corrected chi connectivity index (χ0v) is 14.8. The number of ether oxygens (including phenoxy) is 1. The SMILES string of the molecule is COc1ccc2c(Cc3ccc(C(N)=NO)o3)c(-c3ccccc3)[nH]c2c1. The van der Waals surface area contributed by atoms with Gasteiger partial charge < -0.3 is 25.1 Å². The Balaban J connectivity index is 1.83. The molecule has 0 saturated carbocycles. The highest BCUT2D eigenvalue weighted by Gasteiger charge is 2.16. The van der Waals surface area contributed by atoms with E-state index in [0.29, 0.717) is 12.2 Å². The molecule has 0 spiro atoms. The van der Waals surface area contributed by atoms with E-state index in [2.05, 4.69) is 22.3 Å². The standard InChI is InChI=1S/C21H19N3O3/c1-26-14-7-9-16-17(11-15-8-10-19(27-15)21(22)24-25)20(23-18(16)12-14)13-5-3-2-4-6-13/h2-10,12,23,25H,11H2,1H3,(H2,22,24). The van der Waals surface area contributed by atoms with Crippen molar-refractivity contribution in [1.29, 1.82) is 0 Å². The molecule has 0 radical (unpaired) electrons. The van der Waals surface area contributed by atoms with Crippen LogP contribution in [0.1, 0.15) is 17.1 Å². The zero-order valence-electron chi connectivity index (χ0n) is 14.8. The lowest BCUT2D eigenvalue weighted by atomic mass is 10.0. The number of hydrogen-bond acceptors (Lipinski definition) is 4. The number of aromatic nitrogens is 1. The molecule has 0 aliphatic heterocycles. The van der Waals surface area contributed by atoms with E-state index in [4.69, 9.17) is 20.1 Å². The Morgan fingerprint density at radius 3 is 2.70 bits per heavy atom. The van der Waals surface area contributed by atoms with Gasteiger partial charge in [-0.25, -0.2) is 0 Å². The average Bonchev–Trinajstić information content (AvgIpc) is 3.33. The predicted molar refractivity (Wildman–Crippen MR) is 104 cm³/mol. The van der Waals surface area contributed by atoms with Crippen LogP contribution in [0.4, 0.5) is 0 Å². The number of oxime groups is 1. The van der Waals surface area contributed by atoms with Crippen molar-refractivity contribution < 1.29 is 14.4 Å². The first-order valence-electron chi connectivity index (χ1n) is 8.50. The largest absolute Gasteiger partial charge is 0.497 e. The summed E-state index contributed by atoms with van der Waals surface area (Å²) in [5.74, 6) is 1.82. The predicted octanol–water partition coefficient (Wildman–Crippen LogP) is 4.12. The number of nitrogens with one attached hydrogen (secondary N) is 1. The molecule has 136 valence electrons. The van der Waals surface area contributed by atoms with Crippen LogP contribution in [-0.2, 0) is 6.42 Å². The van der Waals surface area contributed by atoms with Crippen molar-refractivity contribution in [1.82, 2.24) is 4.98 Å². The Morgan fingerprint density at radius 1 is 1.15 bits per heavy atom. The molecule has 4 N–H and O–H groups in total. The number of benzene rings is 2. The monoisotopic (exact) mass is 361 g/mol. The van der Waals surface area contributed by atoms with Gasteiger partial charge in [-0.15, -0.1) is 0 Å². The number of nitrogens with zero attached hydrogens (tertiary/aromatic N) is 1. The second-order valence-electron chi connectivity index (χ2n) is 6.18. The lowest BCUT2D eigenvalue weighted by Gasteiger charge is -2.04. The lowest BCUT2D eigenvalue weighted by molar-refractivity contribution is 0.317. The Hall–Kier alpha value is -3.67. The molecule has 0 amide bonds. The normalized spacial score (nSPS) is 11.8. The van der Waals surface area contributed by atoms with Crippen LogP contribution in [0.3, 0.4) is 0 Å². The summed E-state index contributed by atoms with van der Waals surface area (Å²) in [4.78, 5) is 3.51. The van der Waals surface area contributed by atoms with Gasteiger partial charge in [-0.3, -0.25) is 0 Å². The molecule has 4 aromatic rings. The van der Waals surface area contributed by atoms with Crippen molar-refractivity contribution in [2.75, 3.05) is 7.11 Å². The van der Waals surface area contributed by atoms with E-state index in [0.717, 1.165) is 39.2 Å². The van der Waals surface area contributed by atoms with Crippen molar-refractivity contribution in [2.24, 2.45) is 10.9 Å². The van der Waals surface area contributed by atoms with Crippen LogP contribution < -0.4 is 10.5 Å². The Kier molecular flexibility index (Phi) is 4.30. The molecular weight excluding hydrogens is 342 g/mol. The minimum absolute atomic E-state index is 0.0480. The van der Waals surface area contributed by atoms with E-state index in [1.807, 2.05) is 42.5 Å². The Morgan fingerprint density at radius 2 is 1.96 bits per heavy atom. The third-order valence-electron chi connectivity index (χ3n) is 4.55. The van der Waals surface area contributed by atoms with Crippen molar-refractivity contribution in [3.05, 3.63) is 77.7 Å². The number of hydrogen-bond donors (Lipinski definition) is 3. The Bertz CT molecular complexity index is 1110. The van der Waals surface area contributed by atoms with Gasteiger partial charge in [0.15, 0.2) is 5.76 Å². The van der Waals surface area contributed by atoms with Crippen LogP contribution in [0.25, 0.3) is 22.2 Å². The third-order valence-corrected chi connectivity index (χ3v) is 4.55. The number of methoxy groups -OCH3 is 1. The van der Waals surface area contributed by atoms with Gasteiger partial charge in [0.1, 0.15) is 11.5 Å². The summed E-state index contributed by atoms with van der Waals surface area (Å²) >= 11 is 0. The summed E-state index contributed by atoms with van der Waals surface area (Å²) in [6.07, 6.45) is 0.565. The number of nitrogens with two attached hydrogens (primary N) is 1. The summed E-state index contributed by atoms with van der Waals surface area (Å²) in [6, 6.07) is 19.6. The van der Waals surface area contributed by atoms with Crippen molar-refractivity contribution in [2.45, 2.75) is 6.42 Å². The van der Waals surface area contributed by atoms with E-state index < -0.39 is 0 Å². The fourth-order valence-corrected chi connectivity index (χ4v) is 3.23. The number of fused-ring (bicyclic) bond motifs is 1. The molecule has 6 heteroatoms. The molecule has 2 aromatic carbocycles. The molecule has 0 atom stereocenters. The zero-order chi connectivity index (χ0) is 18.8. The summed E-state index contributed by atoms with van der Waals surface area (Å²) in [5.41, 5.74) is 9.83. The minimum atomic E-state index is -0.0480. The molecule has 0 fully saturated rings. The topological polar surface area (TPSA) is 96.8 Å². The molecule has 0 bridgehead atoms. The second-order valence-corrected chi connectivity index (χ2v) is 6.18. The van der Waals surface area contributed by atoms with E-state index in [1.165, 1.54) is 0 Å². The van der Waals surface area contributed by atoms with Gasteiger partial charge in [-0.05, 0) is 35.4 Å². The van der Waals surface area contributed by atoms with Crippen molar-refractivity contribution >= 4 is 16.7 Å². The molecule has 0 saturated heterocycles. The highest BCUT2D eigenvalue weighted by molar-refractivity contribution is 5.94. The first kappa shape index (κ1) is 16.8. The smallest absolute Gasteiger partial charge is 0.205 e. The fourth-order valence-electron chi connectivity index (χ4n) is 3.23. The van der Waals surface area contributed by atoms with Gasteiger partial charge in [0, 0.05) is 23.4 Å². The quantitative estimate of drug-likeness (QED) is 0.216. The van der Waals surface area contributed by atoms with Gasteiger partial charge >= 0.3 is 0 Å². The summed E-state index contributed by atoms with van der Waals surface area (Å²) in [6.45, 7) is 0. The third kappa shape index (κ3) is 3.13. The molecule has 27 heavy (non-hydrogen) atoms.